The highest BCUT2D eigenvalue weighted by atomic mass is 32.2. The molecule has 0 amide bonds. The molecule has 5 nitrogen and oxygen atoms in total. The van der Waals surface area contributed by atoms with Crippen molar-refractivity contribution in [3.8, 4) is 0 Å². The normalized spacial score (nSPS) is 21.9. The second kappa shape index (κ2) is 5.24. The van der Waals surface area contributed by atoms with E-state index in [-0.39, 0.29) is 0 Å². The molecule has 1 unspecified atom stereocenters. The van der Waals surface area contributed by atoms with Crippen molar-refractivity contribution < 1.29 is 8.42 Å². The monoisotopic (exact) mass is 269 g/mol. The van der Waals surface area contributed by atoms with E-state index in [9.17, 15) is 8.42 Å². The molecule has 1 aromatic heterocycles. The summed E-state index contributed by atoms with van der Waals surface area (Å²) in [7, 11) is -3.07. The van der Waals surface area contributed by atoms with Gasteiger partial charge in [0.05, 0.1) is 6.26 Å². The van der Waals surface area contributed by atoms with Crippen LogP contribution in [-0.4, -0.2) is 37.1 Å². The number of aromatic nitrogens is 1. The van der Waals surface area contributed by atoms with Crippen LogP contribution in [0.25, 0.3) is 0 Å². The zero-order valence-electron chi connectivity index (χ0n) is 10.5. The highest BCUT2D eigenvalue weighted by Crippen LogP contribution is 2.23. The molecule has 2 N–H and O–H groups in total. The third kappa shape index (κ3) is 3.20. The van der Waals surface area contributed by atoms with E-state index in [1.54, 1.807) is 10.5 Å². The van der Waals surface area contributed by atoms with Crippen LogP contribution in [0.15, 0.2) is 18.3 Å². The Balaban J connectivity index is 2.05. The van der Waals surface area contributed by atoms with Gasteiger partial charge in [0.2, 0.25) is 10.0 Å². The van der Waals surface area contributed by atoms with Gasteiger partial charge in [-0.2, -0.15) is 0 Å². The van der Waals surface area contributed by atoms with Crippen molar-refractivity contribution in [1.29, 1.82) is 0 Å². The van der Waals surface area contributed by atoms with E-state index in [0.717, 1.165) is 24.8 Å². The smallest absolute Gasteiger partial charge is 0.211 e. The number of nitrogens with zero attached hydrogens (tertiary/aromatic N) is 2. The van der Waals surface area contributed by atoms with Gasteiger partial charge in [0.15, 0.2) is 0 Å². The van der Waals surface area contributed by atoms with Gasteiger partial charge < -0.3 is 5.73 Å². The zero-order valence-corrected chi connectivity index (χ0v) is 11.4. The summed E-state index contributed by atoms with van der Waals surface area (Å²) in [4.78, 5) is 4.06. The Bertz CT molecular complexity index is 516. The summed E-state index contributed by atoms with van der Waals surface area (Å²) in [5, 5.41) is 0. The number of rotatable bonds is 3. The van der Waals surface area contributed by atoms with Crippen LogP contribution in [-0.2, 0) is 16.4 Å². The molecule has 100 valence electrons. The number of pyridine rings is 1. The molecule has 0 aromatic carbocycles. The average molecular weight is 269 g/mol. The molecule has 0 saturated carbocycles. The lowest BCUT2D eigenvalue weighted by molar-refractivity contribution is 0.267. The molecule has 2 heterocycles. The van der Waals surface area contributed by atoms with E-state index >= 15 is 0 Å². The van der Waals surface area contributed by atoms with E-state index in [1.165, 1.54) is 6.26 Å². The van der Waals surface area contributed by atoms with Crippen LogP contribution in [0.4, 0.5) is 5.82 Å². The third-order valence-corrected chi connectivity index (χ3v) is 4.66. The first-order valence-corrected chi connectivity index (χ1v) is 7.96. The summed E-state index contributed by atoms with van der Waals surface area (Å²) in [5.74, 6) is 0.883. The minimum Gasteiger partial charge on any atom is -0.383 e. The second-order valence-corrected chi connectivity index (χ2v) is 6.86. The van der Waals surface area contributed by atoms with Gasteiger partial charge in [0.25, 0.3) is 0 Å². The lowest BCUT2D eigenvalue weighted by atomic mass is 9.92. The Hall–Kier alpha value is -1.14. The minimum absolute atomic E-state index is 0.333. The van der Waals surface area contributed by atoms with Crippen molar-refractivity contribution in [2.45, 2.75) is 19.3 Å². The Kier molecular flexibility index (Phi) is 3.87. The Labute approximate surface area is 108 Å². The highest BCUT2D eigenvalue weighted by molar-refractivity contribution is 7.88. The van der Waals surface area contributed by atoms with Crippen LogP contribution in [0.2, 0.25) is 0 Å². The average Bonchev–Trinajstić information content (AvgIpc) is 2.31. The van der Waals surface area contributed by atoms with Gasteiger partial charge in [-0.3, -0.25) is 0 Å². The number of nitrogen functional groups attached to an aromatic ring is 1. The fourth-order valence-corrected chi connectivity index (χ4v) is 3.37. The van der Waals surface area contributed by atoms with Crippen molar-refractivity contribution in [1.82, 2.24) is 9.29 Å². The van der Waals surface area contributed by atoms with Gasteiger partial charge in [-0.25, -0.2) is 17.7 Å². The van der Waals surface area contributed by atoms with Crippen molar-refractivity contribution in [2.24, 2.45) is 5.92 Å². The fourth-order valence-electron chi connectivity index (χ4n) is 2.43. The number of sulfonamides is 1. The zero-order chi connectivity index (χ0) is 13.2. The summed E-state index contributed by atoms with van der Waals surface area (Å²) in [6.07, 6.45) is 5.69. The molecule has 0 bridgehead atoms. The first-order chi connectivity index (χ1) is 8.47. The third-order valence-electron chi connectivity index (χ3n) is 3.39. The Morgan fingerprint density at radius 3 is 3.00 bits per heavy atom. The van der Waals surface area contributed by atoms with Gasteiger partial charge in [-0.05, 0) is 36.8 Å². The van der Waals surface area contributed by atoms with Gasteiger partial charge in [0, 0.05) is 19.3 Å². The van der Waals surface area contributed by atoms with Crippen LogP contribution >= 0.6 is 0 Å². The molecule has 1 atom stereocenters. The van der Waals surface area contributed by atoms with E-state index < -0.39 is 10.0 Å². The highest BCUT2D eigenvalue weighted by Gasteiger charge is 2.26. The van der Waals surface area contributed by atoms with E-state index in [2.05, 4.69) is 4.98 Å². The Morgan fingerprint density at radius 2 is 2.33 bits per heavy atom. The molecule has 1 fully saturated rings. The van der Waals surface area contributed by atoms with Gasteiger partial charge >= 0.3 is 0 Å². The van der Waals surface area contributed by atoms with Crippen molar-refractivity contribution >= 4 is 15.8 Å². The molecular weight excluding hydrogens is 250 g/mol. The molecule has 1 saturated heterocycles. The van der Waals surface area contributed by atoms with Crippen LogP contribution in [0.3, 0.4) is 0 Å². The number of anilines is 1. The topological polar surface area (TPSA) is 76.3 Å². The summed E-state index contributed by atoms with van der Waals surface area (Å²) in [6.45, 7) is 1.23. The van der Waals surface area contributed by atoms with Crippen LogP contribution in [0, 0.1) is 5.92 Å². The lowest BCUT2D eigenvalue weighted by Gasteiger charge is -2.31. The standard InChI is InChI=1S/C12H19N3O2S/c1-18(16,17)15-7-3-4-10(9-15)8-11-5-2-6-14-12(11)13/h2,5-6,10H,3-4,7-9H2,1H3,(H2,13,14). The fraction of sp³-hybridized carbons (Fsp3) is 0.583. The number of piperidine rings is 1. The van der Waals surface area contributed by atoms with Crippen LogP contribution in [0.5, 0.6) is 0 Å². The lowest BCUT2D eigenvalue weighted by Crippen LogP contribution is -2.39. The maximum absolute atomic E-state index is 11.5. The maximum Gasteiger partial charge on any atom is 0.211 e. The van der Waals surface area contributed by atoms with E-state index in [0.29, 0.717) is 24.8 Å². The van der Waals surface area contributed by atoms with Crippen LogP contribution in [0.1, 0.15) is 18.4 Å². The molecule has 0 aliphatic carbocycles. The predicted molar refractivity (Wildman–Crippen MR) is 71.5 cm³/mol. The Morgan fingerprint density at radius 1 is 1.56 bits per heavy atom. The molecule has 2 rings (SSSR count). The second-order valence-electron chi connectivity index (χ2n) is 4.88. The summed E-state index contributed by atoms with van der Waals surface area (Å²) >= 11 is 0. The molecule has 1 aliphatic heterocycles. The predicted octanol–water partition coefficient (Wildman–Crippen LogP) is 0.878. The minimum atomic E-state index is -3.07. The number of hydrogen-bond acceptors (Lipinski definition) is 4. The van der Waals surface area contributed by atoms with Crippen molar-refractivity contribution in [2.75, 3.05) is 25.1 Å². The summed E-state index contributed by atoms with van der Waals surface area (Å²) in [6, 6.07) is 3.82. The molecule has 0 spiro atoms. The largest absolute Gasteiger partial charge is 0.383 e. The maximum atomic E-state index is 11.5. The van der Waals surface area contributed by atoms with Crippen LogP contribution < -0.4 is 5.73 Å². The molecule has 1 aromatic rings. The SMILES string of the molecule is CS(=O)(=O)N1CCCC(Cc2cccnc2N)C1. The molecule has 0 radical (unpaired) electrons. The van der Waals surface area contributed by atoms with Gasteiger partial charge in [0.1, 0.15) is 5.82 Å². The first kappa shape index (κ1) is 13.3. The van der Waals surface area contributed by atoms with Crippen molar-refractivity contribution in [3.05, 3.63) is 23.9 Å². The number of nitrogens with two attached hydrogens (primary N) is 1. The molecular formula is C12H19N3O2S. The van der Waals surface area contributed by atoms with Crippen molar-refractivity contribution in [3.63, 3.8) is 0 Å². The quantitative estimate of drug-likeness (QED) is 0.883. The summed E-state index contributed by atoms with van der Waals surface area (Å²) < 4.78 is 24.6. The van der Waals surface area contributed by atoms with E-state index in [1.807, 2.05) is 12.1 Å². The molecule has 18 heavy (non-hydrogen) atoms. The molecule has 6 heteroatoms. The van der Waals surface area contributed by atoms with Gasteiger partial charge in [-0.15, -0.1) is 0 Å². The number of hydrogen-bond donors (Lipinski definition) is 1. The van der Waals surface area contributed by atoms with Gasteiger partial charge in [-0.1, -0.05) is 6.07 Å². The first-order valence-electron chi connectivity index (χ1n) is 6.11. The van der Waals surface area contributed by atoms with E-state index in [4.69, 9.17) is 5.73 Å². The summed E-state index contributed by atoms with van der Waals surface area (Å²) in [5.41, 5.74) is 6.83. The molecule has 1 aliphatic rings.